The Morgan fingerprint density at radius 2 is 1.91 bits per heavy atom. The number of benzene rings is 2. The molecular formula is C22H16F3N5O3. The predicted octanol–water partition coefficient (Wildman–Crippen LogP) is 3.65. The number of fused-ring (bicyclic) bond motifs is 1. The summed E-state index contributed by atoms with van der Waals surface area (Å²) in [6.45, 7) is 1.53. The molecule has 1 atom stereocenters. The molecule has 0 bridgehead atoms. The minimum atomic E-state index is -4.59. The molecule has 3 aromatic rings. The highest BCUT2D eigenvalue weighted by molar-refractivity contribution is 5.93. The average molecular weight is 455 g/mol. The molecule has 11 heteroatoms. The molecule has 2 aromatic carbocycles. The third-order valence-corrected chi connectivity index (χ3v) is 5.34. The van der Waals surface area contributed by atoms with Crippen LogP contribution in [-0.2, 0) is 15.7 Å². The van der Waals surface area contributed by atoms with Crippen LogP contribution in [0.4, 0.5) is 24.8 Å². The number of aromatic nitrogens is 3. The number of rotatable bonds is 3. The van der Waals surface area contributed by atoms with Crippen LogP contribution in [0.2, 0.25) is 0 Å². The molecule has 1 aliphatic heterocycles. The number of hydrogen-bond acceptors (Lipinski definition) is 6. The van der Waals surface area contributed by atoms with E-state index in [0.29, 0.717) is 11.1 Å². The van der Waals surface area contributed by atoms with Crippen LogP contribution in [0, 0.1) is 11.3 Å². The molecule has 1 aliphatic rings. The van der Waals surface area contributed by atoms with E-state index in [1.165, 1.54) is 47.8 Å². The van der Waals surface area contributed by atoms with Gasteiger partial charge in [-0.25, -0.2) is 19.3 Å². The molecule has 8 nitrogen and oxygen atoms in total. The van der Waals surface area contributed by atoms with Gasteiger partial charge in [-0.1, -0.05) is 18.2 Å². The van der Waals surface area contributed by atoms with Crippen LogP contribution in [-0.4, -0.2) is 27.8 Å². The first-order valence-electron chi connectivity index (χ1n) is 9.60. The number of nitrogens with one attached hydrogen (secondary N) is 1. The molecule has 0 radical (unpaired) electrons. The van der Waals surface area contributed by atoms with E-state index in [1.807, 2.05) is 6.07 Å². The fourth-order valence-electron chi connectivity index (χ4n) is 3.84. The van der Waals surface area contributed by atoms with Crippen molar-refractivity contribution in [2.75, 3.05) is 12.0 Å². The molecule has 0 spiro atoms. The maximum Gasteiger partial charge on any atom is 0.416 e. The highest BCUT2D eigenvalue weighted by atomic mass is 19.4. The normalized spacial score (nSPS) is 15.8. The summed E-state index contributed by atoms with van der Waals surface area (Å²) < 4.78 is 46.1. The lowest BCUT2D eigenvalue weighted by molar-refractivity contribution is -0.138. The Hall–Kier alpha value is -4.33. The molecule has 1 N–H and O–H groups in total. The van der Waals surface area contributed by atoms with Crippen molar-refractivity contribution >= 4 is 17.6 Å². The number of nitriles is 1. The highest BCUT2D eigenvalue weighted by Gasteiger charge is 2.40. The maximum atomic E-state index is 13.3. The van der Waals surface area contributed by atoms with Crippen LogP contribution in [0.5, 0.6) is 0 Å². The smallest absolute Gasteiger partial charge is 0.416 e. The van der Waals surface area contributed by atoms with Gasteiger partial charge >= 0.3 is 17.8 Å². The van der Waals surface area contributed by atoms with E-state index < -0.39 is 29.4 Å². The number of anilines is 2. The molecule has 4 rings (SSSR count). The van der Waals surface area contributed by atoms with Gasteiger partial charge in [0.1, 0.15) is 6.04 Å². The van der Waals surface area contributed by atoms with Crippen molar-refractivity contribution < 1.29 is 22.7 Å². The van der Waals surface area contributed by atoms with Crippen molar-refractivity contribution in [2.45, 2.75) is 19.1 Å². The van der Waals surface area contributed by atoms with E-state index >= 15 is 0 Å². The number of hydrogen-bond donors (Lipinski definition) is 1. The number of H-pyrrole nitrogens is 1. The first-order chi connectivity index (χ1) is 15.7. The molecule has 168 valence electrons. The Morgan fingerprint density at radius 1 is 1.21 bits per heavy atom. The van der Waals surface area contributed by atoms with Gasteiger partial charge < -0.3 is 4.74 Å². The van der Waals surface area contributed by atoms with E-state index in [4.69, 9.17) is 10.00 Å². The van der Waals surface area contributed by atoms with E-state index in [2.05, 4.69) is 10.2 Å². The molecular weight excluding hydrogens is 439 g/mol. The van der Waals surface area contributed by atoms with Crippen molar-refractivity contribution in [3.8, 4) is 6.07 Å². The second kappa shape index (κ2) is 7.98. The van der Waals surface area contributed by atoms with E-state index in [0.717, 1.165) is 12.1 Å². The van der Waals surface area contributed by atoms with Crippen molar-refractivity contribution in [3.63, 3.8) is 0 Å². The van der Waals surface area contributed by atoms with Crippen molar-refractivity contribution in [3.05, 3.63) is 87.0 Å². The van der Waals surface area contributed by atoms with Crippen LogP contribution < -0.4 is 10.6 Å². The molecule has 0 amide bonds. The van der Waals surface area contributed by atoms with Crippen LogP contribution >= 0.6 is 0 Å². The number of aromatic amines is 1. The third kappa shape index (κ3) is 3.65. The Balaban J connectivity index is 1.99. The summed E-state index contributed by atoms with van der Waals surface area (Å²) in [7, 11) is 1.17. The number of esters is 1. The zero-order valence-corrected chi connectivity index (χ0v) is 17.3. The van der Waals surface area contributed by atoms with Crippen molar-refractivity contribution in [1.29, 1.82) is 5.26 Å². The van der Waals surface area contributed by atoms with Crippen molar-refractivity contribution in [2.24, 2.45) is 0 Å². The maximum absolute atomic E-state index is 13.3. The first kappa shape index (κ1) is 21.9. The third-order valence-electron chi connectivity index (χ3n) is 5.34. The lowest BCUT2D eigenvalue weighted by Gasteiger charge is -2.35. The predicted molar refractivity (Wildman–Crippen MR) is 110 cm³/mol. The number of carbonyl (C=O) groups excluding carboxylic acids is 1. The summed E-state index contributed by atoms with van der Waals surface area (Å²) in [6.07, 6.45) is -4.59. The van der Waals surface area contributed by atoms with Gasteiger partial charge in [0.2, 0.25) is 5.95 Å². The fraction of sp³-hybridized carbons (Fsp3) is 0.182. The summed E-state index contributed by atoms with van der Waals surface area (Å²) in [5.74, 6) is -0.767. The Labute approximate surface area is 185 Å². The van der Waals surface area contributed by atoms with E-state index in [-0.39, 0.29) is 22.9 Å². The van der Waals surface area contributed by atoms with Gasteiger partial charge in [0, 0.05) is 11.4 Å². The van der Waals surface area contributed by atoms with Gasteiger partial charge in [0.25, 0.3) is 0 Å². The molecule has 0 fully saturated rings. The number of carbonyl (C=O) groups is 1. The second-order valence-electron chi connectivity index (χ2n) is 7.21. The van der Waals surface area contributed by atoms with Gasteiger partial charge in [0.05, 0.1) is 29.9 Å². The molecule has 2 heterocycles. The topological polar surface area (TPSA) is 104 Å². The molecule has 0 saturated heterocycles. The summed E-state index contributed by atoms with van der Waals surface area (Å²) in [4.78, 5) is 26.9. The number of allylic oxidation sites excluding steroid dienone is 1. The first-order valence-corrected chi connectivity index (χ1v) is 9.60. The standard InChI is InChI=1S/C22H16F3N5O3/c1-12-17(19(31)33-2)18(14-8-6-13(11-26)7-9-14)30-20(27-28-21(30)32)29(12)16-5-3-4-15(10-16)22(23,24)25/h3-10,18H,1-2H3,(H,28,32). The second-order valence-corrected chi connectivity index (χ2v) is 7.21. The Bertz CT molecular complexity index is 1360. The highest BCUT2D eigenvalue weighted by Crippen LogP contribution is 2.42. The quantitative estimate of drug-likeness (QED) is 0.605. The molecule has 33 heavy (non-hydrogen) atoms. The minimum Gasteiger partial charge on any atom is -0.466 e. The van der Waals surface area contributed by atoms with E-state index in [9.17, 15) is 22.8 Å². The van der Waals surface area contributed by atoms with Gasteiger partial charge in [-0.2, -0.15) is 18.4 Å². The van der Waals surface area contributed by atoms with Gasteiger partial charge in [-0.05, 0) is 42.8 Å². The van der Waals surface area contributed by atoms with Crippen LogP contribution in [0.25, 0.3) is 0 Å². The summed E-state index contributed by atoms with van der Waals surface area (Å²) in [5, 5.41) is 15.4. The molecule has 0 saturated carbocycles. The van der Waals surface area contributed by atoms with Gasteiger partial charge in [-0.3, -0.25) is 4.90 Å². The van der Waals surface area contributed by atoms with Gasteiger partial charge in [-0.15, -0.1) is 5.10 Å². The zero-order chi connectivity index (χ0) is 23.9. The largest absolute Gasteiger partial charge is 0.466 e. The number of alkyl halides is 3. The number of halogens is 3. The lowest BCUT2D eigenvalue weighted by Crippen LogP contribution is -2.37. The van der Waals surface area contributed by atoms with Crippen molar-refractivity contribution in [1.82, 2.24) is 14.8 Å². The van der Waals surface area contributed by atoms with Crippen LogP contribution in [0.15, 0.2) is 64.6 Å². The minimum absolute atomic E-state index is 0.00108. The lowest BCUT2D eigenvalue weighted by atomic mass is 9.94. The monoisotopic (exact) mass is 455 g/mol. The zero-order valence-electron chi connectivity index (χ0n) is 17.3. The summed E-state index contributed by atoms with van der Waals surface area (Å²) in [5.41, 5.74) is -0.376. The van der Waals surface area contributed by atoms with Crippen LogP contribution in [0.3, 0.4) is 0 Å². The number of nitrogens with zero attached hydrogens (tertiary/aromatic N) is 4. The van der Waals surface area contributed by atoms with E-state index in [1.54, 1.807) is 12.1 Å². The van der Waals surface area contributed by atoms with Gasteiger partial charge in [0.15, 0.2) is 0 Å². The summed E-state index contributed by atoms with van der Waals surface area (Å²) in [6, 6.07) is 11.7. The molecule has 0 aliphatic carbocycles. The number of methoxy groups -OCH3 is 1. The Kier molecular flexibility index (Phi) is 5.29. The average Bonchev–Trinajstić information content (AvgIpc) is 3.18. The Morgan fingerprint density at radius 3 is 2.52 bits per heavy atom. The molecule has 1 unspecified atom stereocenters. The van der Waals surface area contributed by atoms with Crippen LogP contribution in [0.1, 0.15) is 29.7 Å². The fourth-order valence-corrected chi connectivity index (χ4v) is 3.84. The number of ether oxygens (including phenoxy) is 1. The SMILES string of the molecule is COC(=O)C1=C(C)N(c2cccc(C(F)(F)F)c2)c2n[nH]c(=O)n2C1c1ccc(C#N)cc1. The summed E-state index contributed by atoms with van der Waals surface area (Å²) >= 11 is 0. The molecule has 1 aromatic heterocycles.